The Morgan fingerprint density at radius 3 is 0.580 bits per heavy atom. The molecule has 0 aliphatic carbocycles. The van der Waals surface area contributed by atoms with Gasteiger partial charge < -0.3 is 47.2 Å². The Balaban J connectivity index is -0.0000000683. The molecule has 0 aromatic heterocycles. The van der Waals surface area contributed by atoms with Crippen molar-refractivity contribution in [3.8, 4) is 0 Å². The minimum Gasteiger partial charge on any atom is -0.550 e. The molecule has 9 N–H and O–H groups in total. The lowest BCUT2D eigenvalue weighted by molar-refractivity contribution is -0.458. The van der Waals surface area contributed by atoms with Gasteiger partial charge in [-0.25, -0.2) is 0 Å². The molecule has 0 aliphatic rings. The Hall–Kier alpha value is -2.86. The molecular weight excluding hydrogens is 646 g/mol. The summed E-state index contributed by atoms with van der Waals surface area (Å²) in [7, 11) is 0. The van der Waals surface area contributed by atoms with Crippen molar-refractivity contribution in [2.24, 2.45) is 33.1 Å². The molecule has 0 saturated heterocycles. The highest BCUT2D eigenvalue weighted by molar-refractivity contribution is 5.67. The number of hydrogen-bond acceptors (Lipinski definition) is 10. The van der Waals surface area contributed by atoms with E-state index in [1.165, 1.54) is 0 Å². The molecule has 0 heterocycles. The Kier molecular flexibility index (Phi) is 39.1. The van der Waals surface area contributed by atoms with E-state index >= 15 is 0 Å². The highest BCUT2D eigenvalue weighted by Crippen LogP contribution is 2.18. The number of nitrogens with two attached hydrogens (primary N) is 2. The second-order valence-corrected chi connectivity index (χ2v) is 19.9. The van der Waals surface area contributed by atoms with E-state index in [1.807, 2.05) is 125 Å². The summed E-state index contributed by atoms with van der Waals surface area (Å²) in [6.07, 6.45) is 1.000. The monoisotopic (exact) mass is 727 g/mol. The van der Waals surface area contributed by atoms with Crippen LogP contribution in [-0.2, 0) is 28.8 Å². The van der Waals surface area contributed by atoms with Crippen LogP contribution in [-0.4, -0.2) is 56.9 Å². The van der Waals surface area contributed by atoms with Gasteiger partial charge in [-0.1, -0.05) is 83.1 Å². The summed E-state index contributed by atoms with van der Waals surface area (Å²) in [5, 5.41) is 36.3. The van der Waals surface area contributed by atoms with Gasteiger partial charge in [0.1, 0.15) is 0 Å². The third-order valence-electron chi connectivity index (χ3n) is 2.71. The SMILES string of the molecule is CC(C)(C)CC(=O)O.CC(C)(C)CC(=O)O.CC(C)(C)CC(=O)[O-].CC(C)(C)CC(=O)[O-].CC(C)(C)N.CC(C)(C)N.CC(C)(C)[NH3+].O=C=O. The van der Waals surface area contributed by atoms with Crippen molar-refractivity contribution in [2.75, 3.05) is 0 Å². The summed E-state index contributed by atoms with van der Waals surface area (Å²) >= 11 is 0. The van der Waals surface area contributed by atoms with E-state index in [2.05, 4.69) is 26.5 Å². The Morgan fingerprint density at radius 1 is 0.480 bits per heavy atom. The lowest BCUT2D eigenvalue weighted by Gasteiger charge is -2.17. The van der Waals surface area contributed by atoms with Crippen LogP contribution in [0.25, 0.3) is 0 Å². The van der Waals surface area contributed by atoms with Gasteiger partial charge in [-0.3, -0.25) is 9.59 Å². The van der Waals surface area contributed by atoms with Crippen LogP contribution < -0.4 is 27.4 Å². The van der Waals surface area contributed by atoms with Crippen molar-refractivity contribution >= 4 is 30.0 Å². The van der Waals surface area contributed by atoms with E-state index in [1.54, 1.807) is 0 Å². The van der Waals surface area contributed by atoms with Crippen molar-refractivity contribution in [1.82, 2.24) is 0 Å². The van der Waals surface area contributed by atoms with Crippen molar-refractivity contribution in [3.63, 3.8) is 0 Å². The van der Waals surface area contributed by atoms with E-state index in [0.717, 1.165) is 0 Å². The lowest BCUT2D eigenvalue weighted by atomic mass is 9.93. The summed E-state index contributed by atoms with van der Waals surface area (Å²) in [5.41, 5.74) is 14.3. The zero-order valence-corrected chi connectivity index (χ0v) is 35.9. The molecule has 0 fully saturated rings. The first-order valence-corrected chi connectivity index (χ1v) is 16.3. The summed E-state index contributed by atoms with van der Waals surface area (Å²) in [6.45, 7) is 40.6. The number of carboxylic acids is 4. The molecule has 13 nitrogen and oxygen atoms in total. The molecule has 0 aromatic carbocycles. The van der Waals surface area contributed by atoms with Crippen molar-refractivity contribution in [1.29, 1.82) is 0 Å². The fourth-order valence-electron chi connectivity index (χ4n) is 1.77. The molecule has 0 unspecified atom stereocenters. The minimum absolute atomic E-state index is 0. The van der Waals surface area contributed by atoms with E-state index in [9.17, 15) is 29.4 Å². The zero-order valence-electron chi connectivity index (χ0n) is 35.9. The molecule has 0 saturated carbocycles. The quantitative estimate of drug-likeness (QED) is 0.271. The molecule has 13 heteroatoms. The number of carboxylic acid groups (broad SMARTS) is 4. The third-order valence-corrected chi connectivity index (χ3v) is 2.71. The van der Waals surface area contributed by atoms with Gasteiger partial charge >= 0.3 is 18.1 Å². The van der Waals surface area contributed by atoms with Gasteiger partial charge in [0, 0.05) is 23.0 Å². The Labute approximate surface area is 305 Å². The number of carbonyl (C=O) groups is 4. The first kappa shape index (κ1) is 65.5. The largest absolute Gasteiger partial charge is 0.550 e. The van der Waals surface area contributed by atoms with Crippen LogP contribution in [0.3, 0.4) is 0 Å². The molecule has 0 radical (unpaired) electrons. The fraction of sp³-hybridized carbons (Fsp3) is 0.865. The van der Waals surface area contributed by atoms with Gasteiger partial charge in [-0.15, -0.1) is 0 Å². The van der Waals surface area contributed by atoms with Crippen molar-refractivity contribution in [3.05, 3.63) is 0 Å². The number of aliphatic carboxylic acids is 4. The van der Waals surface area contributed by atoms with E-state index in [-0.39, 0.29) is 70.1 Å². The molecule has 50 heavy (non-hydrogen) atoms. The van der Waals surface area contributed by atoms with Gasteiger partial charge in [0.15, 0.2) is 0 Å². The molecular formula is C37H80N3O10-. The number of hydrogen-bond donors (Lipinski definition) is 5. The highest BCUT2D eigenvalue weighted by Gasteiger charge is 2.14. The number of quaternary nitrogens is 1. The number of rotatable bonds is 4. The average molecular weight is 727 g/mol. The van der Waals surface area contributed by atoms with E-state index in [0.29, 0.717) is 0 Å². The summed E-state index contributed by atoms with van der Waals surface area (Å²) in [4.78, 5) is 56.1. The van der Waals surface area contributed by atoms with Crippen LogP contribution in [0.2, 0.25) is 0 Å². The van der Waals surface area contributed by atoms with Gasteiger partial charge in [-0.05, 0) is 96.8 Å². The number of carbonyl (C=O) groups excluding carboxylic acids is 4. The Morgan fingerprint density at radius 2 is 0.580 bits per heavy atom. The standard InChI is InChI=1S/4C6H12O2.3C4H11N.CO2/c4*1-6(2,3)4-5(7)8;3*1-4(2,3)5;2-1-3/h4*4H2,1-3H3,(H,7,8);3*5H2,1-3H3;/p-1. The zero-order chi connectivity index (χ0) is 43.3. The van der Waals surface area contributed by atoms with Gasteiger partial charge in [0.25, 0.3) is 0 Å². The van der Waals surface area contributed by atoms with Crippen LogP contribution in [0, 0.1) is 21.7 Å². The predicted octanol–water partition coefficient (Wildman–Crippen LogP) is 4.29. The molecule has 0 bridgehead atoms. The minimum atomic E-state index is -0.975. The van der Waals surface area contributed by atoms with E-state index < -0.39 is 23.9 Å². The molecule has 0 atom stereocenters. The molecule has 0 amide bonds. The maximum absolute atomic E-state index is 10.0. The topological polar surface area (TPSA) is 269 Å². The second kappa shape index (κ2) is 29.8. The maximum atomic E-state index is 10.0. The molecule has 304 valence electrons. The highest BCUT2D eigenvalue weighted by atomic mass is 16.4. The van der Waals surface area contributed by atoms with Gasteiger partial charge in [0.05, 0.1) is 18.4 Å². The lowest BCUT2D eigenvalue weighted by Crippen LogP contribution is -2.67. The second-order valence-electron chi connectivity index (χ2n) is 19.9. The van der Waals surface area contributed by atoms with Gasteiger partial charge in [0.2, 0.25) is 0 Å². The van der Waals surface area contributed by atoms with Crippen LogP contribution >= 0.6 is 0 Å². The molecule has 0 spiro atoms. The van der Waals surface area contributed by atoms with Gasteiger partial charge in [-0.2, -0.15) is 9.59 Å². The normalized spacial score (nSPS) is 11.0. The first-order chi connectivity index (χ1) is 21.1. The smallest absolute Gasteiger partial charge is 0.373 e. The van der Waals surface area contributed by atoms with Crippen LogP contribution in [0.1, 0.15) is 171 Å². The third kappa shape index (κ3) is 299. The molecule has 0 rings (SSSR count). The van der Waals surface area contributed by atoms with Crippen LogP contribution in [0.5, 0.6) is 0 Å². The summed E-state index contributed by atoms with van der Waals surface area (Å²) in [6, 6.07) is 0. The van der Waals surface area contributed by atoms with Crippen LogP contribution in [0.4, 0.5) is 0 Å². The van der Waals surface area contributed by atoms with Crippen molar-refractivity contribution in [2.45, 2.75) is 188 Å². The predicted molar refractivity (Wildman–Crippen MR) is 197 cm³/mol. The van der Waals surface area contributed by atoms with Crippen LogP contribution in [0.15, 0.2) is 0 Å². The maximum Gasteiger partial charge on any atom is 0.373 e. The van der Waals surface area contributed by atoms with Crippen molar-refractivity contribution < 1.29 is 54.9 Å². The van der Waals surface area contributed by atoms with E-state index in [4.69, 9.17) is 31.3 Å². The Bertz CT molecular complexity index is 758. The molecule has 0 aromatic rings. The summed E-state index contributed by atoms with van der Waals surface area (Å²) in [5.74, 6) is -3.40. The average Bonchev–Trinajstić information content (AvgIpc) is 2.57. The fourth-order valence-corrected chi connectivity index (χ4v) is 1.77. The molecule has 0 aliphatic heterocycles. The summed E-state index contributed by atoms with van der Waals surface area (Å²) < 4.78 is 0. The first-order valence-electron chi connectivity index (χ1n) is 16.3.